The van der Waals surface area contributed by atoms with Gasteiger partial charge in [-0.15, -0.1) is 0 Å². The van der Waals surface area contributed by atoms with Gasteiger partial charge in [0.1, 0.15) is 11.2 Å². The van der Waals surface area contributed by atoms with E-state index in [1.165, 1.54) is 0 Å². The zero-order valence-electron chi connectivity index (χ0n) is 21.1. The van der Waals surface area contributed by atoms with E-state index in [0.29, 0.717) is 12.9 Å². The molecule has 0 aliphatic carbocycles. The second kappa shape index (κ2) is 8.54. The van der Waals surface area contributed by atoms with E-state index in [4.69, 9.17) is 14.0 Å². The van der Waals surface area contributed by atoms with Gasteiger partial charge in [-0.1, -0.05) is 60.7 Å². The molecular weight excluding hydrogens is 437 g/mol. The monoisotopic (exact) mass is 469 g/mol. The number of carbonyl (C=O) groups excluding carboxylic acids is 1. The van der Waals surface area contributed by atoms with Crippen molar-refractivity contribution in [3.63, 3.8) is 0 Å². The zero-order valence-corrected chi connectivity index (χ0v) is 21.1. The van der Waals surface area contributed by atoms with Gasteiger partial charge in [-0.05, 0) is 62.6 Å². The average molecular weight is 469 g/mol. The predicted molar refractivity (Wildman–Crippen MR) is 139 cm³/mol. The quantitative estimate of drug-likeness (QED) is 0.440. The normalized spacial score (nSPS) is 22.4. The molecule has 2 aliphatic heterocycles. The smallest absolute Gasteiger partial charge is 0.459 e. The highest BCUT2D eigenvalue weighted by atomic mass is 16.7. The molecule has 2 aliphatic rings. The van der Waals surface area contributed by atoms with Gasteiger partial charge in [0.15, 0.2) is 0 Å². The number of nitrogens with zero attached hydrogens (tertiary/aromatic N) is 1. The molecule has 0 unspecified atom stereocenters. The molecular formula is C29H32BNO4. The number of rotatable bonds is 6. The van der Waals surface area contributed by atoms with Crippen molar-refractivity contribution in [1.29, 1.82) is 0 Å². The van der Waals surface area contributed by atoms with Crippen LogP contribution in [0.2, 0.25) is 6.32 Å². The number of fused-ring (bicyclic) bond motifs is 1. The Morgan fingerprint density at radius 1 is 0.829 bits per heavy atom. The highest BCUT2D eigenvalue weighted by Crippen LogP contribution is 2.51. The third-order valence-electron chi connectivity index (χ3n) is 7.81. The van der Waals surface area contributed by atoms with E-state index < -0.39 is 23.7 Å². The summed E-state index contributed by atoms with van der Waals surface area (Å²) in [5, 5.41) is 0. The predicted octanol–water partition coefficient (Wildman–Crippen LogP) is 5.62. The van der Waals surface area contributed by atoms with Gasteiger partial charge in [0.2, 0.25) is 5.91 Å². The van der Waals surface area contributed by atoms with Crippen LogP contribution >= 0.6 is 0 Å². The van der Waals surface area contributed by atoms with Crippen LogP contribution in [0.3, 0.4) is 0 Å². The molecule has 3 aromatic rings. The average Bonchev–Trinajstić information content (AvgIpc) is 3.20. The van der Waals surface area contributed by atoms with Crippen molar-refractivity contribution in [3.05, 3.63) is 95.6 Å². The highest BCUT2D eigenvalue weighted by Gasteiger charge is 2.59. The van der Waals surface area contributed by atoms with Crippen LogP contribution in [0.15, 0.2) is 78.9 Å². The Kier molecular flexibility index (Phi) is 5.77. The van der Waals surface area contributed by atoms with E-state index >= 15 is 0 Å². The highest BCUT2D eigenvalue weighted by molar-refractivity contribution is 6.47. The molecule has 0 saturated carbocycles. The van der Waals surface area contributed by atoms with Gasteiger partial charge in [0, 0.05) is 12.0 Å². The summed E-state index contributed by atoms with van der Waals surface area (Å²) in [4.78, 5) is 16.4. The van der Waals surface area contributed by atoms with Gasteiger partial charge in [-0.2, -0.15) is 0 Å². The van der Waals surface area contributed by atoms with Gasteiger partial charge >= 0.3 is 7.12 Å². The topological polar surface area (TPSA) is 48.0 Å². The fraction of sp³-hybridized carbons (Fsp3) is 0.345. The van der Waals surface area contributed by atoms with Crippen molar-refractivity contribution >= 4 is 18.7 Å². The van der Waals surface area contributed by atoms with Crippen LogP contribution in [-0.4, -0.2) is 31.3 Å². The lowest BCUT2D eigenvalue weighted by Gasteiger charge is -2.32. The Hall–Kier alpha value is -3.09. The Balaban J connectivity index is 1.59. The fourth-order valence-corrected chi connectivity index (χ4v) is 5.21. The third kappa shape index (κ3) is 3.85. The first-order chi connectivity index (χ1) is 16.7. The molecule has 1 atom stereocenters. The van der Waals surface area contributed by atoms with E-state index in [1.54, 1.807) is 7.11 Å². The van der Waals surface area contributed by atoms with Gasteiger partial charge in [-0.3, -0.25) is 4.79 Å². The first-order valence-corrected chi connectivity index (χ1v) is 12.1. The summed E-state index contributed by atoms with van der Waals surface area (Å²) in [5.74, 6) is 0.830. The van der Waals surface area contributed by atoms with Crippen molar-refractivity contribution in [2.45, 2.75) is 57.2 Å². The van der Waals surface area contributed by atoms with Gasteiger partial charge < -0.3 is 18.9 Å². The number of anilines is 1. The van der Waals surface area contributed by atoms with Crippen LogP contribution < -0.4 is 9.64 Å². The summed E-state index contributed by atoms with van der Waals surface area (Å²) < 4.78 is 18.1. The van der Waals surface area contributed by atoms with E-state index in [2.05, 4.69) is 6.07 Å². The number of hydrogen-bond donors (Lipinski definition) is 0. The number of benzene rings is 3. The summed E-state index contributed by atoms with van der Waals surface area (Å²) in [5.41, 5.74) is 2.04. The SMILES string of the molecule is COc1ccc(CN2C(=O)[C@@](CB3OC(C)(C)C(C)(C)O3)(c3ccccc3)c3ccccc32)cc1. The summed E-state index contributed by atoms with van der Waals surface area (Å²) in [7, 11) is 1.14. The fourth-order valence-electron chi connectivity index (χ4n) is 5.21. The molecule has 2 heterocycles. The summed E-state index contributed by atoms with van der Waals surface area (Å²) >= 11 is 0. The van der Waals surface area contributed by atoms with Crippen LogP contribution in [0, 0.1) is 0 Å². The molecule has 0 bridgehead atoms. The molecule has 5 rings (SSSR count). The first kappa shape index (κ1) is 23.6. The Morgan fingerprint density at radius 3 is 2.06 bits per heavy atom. The van der Waals surface area contributed by atoms with Crippen molar-refractivity contribution in [2.75, 3.05) is 12.0 Å². The molecule has 6 heteroatoms. The number of amides is 1. The lowest BCUT2D eigenvalue weighted by molar-refractivity contribution is -0.121. The molecule has 0 radical (unpaired) electrons. The molecule has 5 nitrogen and oxygen atoms in total. The number of hydrogen-bond acceptors (Lipinski definition) is 4. The first-order valence-electron chi connectivity index (χ1n) is 12.1. The maximum Gasteiger partial charge on any atom is 0.459 e. The minimum absolute atomic E-state index is 0.0374. The summed E-state index contributed by atoms with van der Waals surface area (Å²) in [6, 6.07) is 26.0. The molecule has 3 aromatic carbocycles. The molecule has 35 heavy (non-hydrogen) atoms. The Morgan fingerprint density at radius 2 is 1.43 bits per heavy atom. The minimum Gasteiger partial charge on any atom is -0.497 e. The van der Waals surface area contributed by atoms with Crippen molar-refractivity contribution in [1.82, 2.24) is 0 Å². The minimum atomic E-state index is -0.911. The van der Waals surface area contributed by atoms with E-state index in [-0.39, 0.29) is 5.91 Å². The largest absolute Gasteiger partial charge is 0.497 e. The van der Waals surface area contributed by atoms with Gasteiger partial charge in [0.25, 0.3) is 0 Å². The van der Waals surface area contributed by atoms with Crippen LogP contribution in [0.25, 0.3) is 0 Å². The summed E-state index contributed by atoms with van der Waals surface area (Å²) in [6.07, 6.45) is 0.402. The Bertz CT molecular complexity index is 1210. The van der Waals surface area contributed by atoms with Gasteiger partial charge in [0.05, 0.1) is 24.9 Å². The molecule has 0 aromatic heterocycles. The molecule has 1 saturated heterocycles. The maximum absolute atomic E-state index is 14.5. The van der Waals surface area contributed by atoms with Crippen LogP contribution in [0.5, 0.6) is 5.75 Å². The number of carbonyl (C=O) groups is 1. The molecule has 1 amide bonds. The molecule has 0 spiro atoms. The zero-order chi connectivity index (χ0) is 24.8. The van der Waals surface area contributed by atoms with E-state index in [1.807, 2.05) is 105 Å². The second-order valence-corrected chi connectivity index (χ2v) is 10.4. The van der Waals surface area contributed by atoms with E-state index in [9.17, 15) is 4.79 Å². The van der Waals surface area contributed by atoms with Crippen molar-refractivity contribution in [3.8, 4) is 5.75 Å². The number of para-hydroxylation sites is 1. The molecule has 0 N–H and O–H groups in total. The maximum atomic E-state index is 14.5. The summed E-state index contributed by atoms with van der Waals surface area (Å²) in [6.45, 7) is 8.65. The standard InChI is InChI=1S/C29H32BNO4/c1-27(2)28(3,4)35-30(34-27)20-29(22-11-7-6-8-12-22)24-13-9-10-14-25(24)31(26(29)32)19-21-15-17-23(33-5)18-16-21/h6-18H,19-20H2,1-5H3/t29-/m0/s1. The molecule has 1 fully saturated rings. The van der Waals surface area contributed by atoms with Crippen LogP contribution in [-0.2, 0) is 26.1 Å². The van der Waals surface area contributed by atoms with Gasteiger partial charge in [-0.25, -0.2) is 0 Å². The lowest BCUT2D eigenvalue weighted by atomic mass is 9.61. The number of methoxy groups -OCH3 is 1. The second-order valence-electron chi connectivity index (χ2n) is 10.4. The van der Waals surface area contributed by atoms with Crippen LogP contribution in [0.1, 0.15) is 44.4 Å². The van der Waals surface area contributed by atoms with E-state index in [0.717, 1.165) is 28.1 Å². The molecule has 180 valence electrons. The van der Waals surface area contributed by atoms with Crippen molar-refractivity contribution < 1.29 is 18.8 Å². The van der Waals surface area contributed by atoms with Crippen molar-refractivity contribution in [2.24, 2.45) is 0 Å². The van der Waals surface area contributed by atoms with Crippen LogP contribution in [0.4, 0.5) is 5.69 Å². The Labute approximate surface area is 208 Å². The lowest BCUT2D eigenvalue weighted by Crippen LogP contribution is -2.44. The number of ether oxygens (including phenoxy) is 1. The third-order valence-corrected chi connectivity index (χ3v) is 7.81.